The van der Waals surface area contributed by atoms with Crippen molar-refractivity contribution in [1.29, 1.82) is 5.26 Å². The van der Waals surface area contributed by atoms with Crippen LogP contribution in [0.4, 0.5) is 0 Å². The number of rotatable bonds is 4. The normalized spacial score (nSPS) is 18.0. The van der Waals surface area contributed by atoms with Gasteiger partial charge in [-0.1, -0.05) is 37.6 Å². The van der Waals surface area contributed by atoms with E-state index in [4.69, 9.17) is 5.26 Å². The van der Waals surface area contributed by atoms with E-state index in [9.17, 15) is 0 Å². The zero-order chi connectivity index (χ0) is 14.2. The molecule has 0 aromatic heterocycles. The number of aryl methyl sites for hydroxylation is 1. The number of unbranched alkanes of at least 4 members (excludes halogenated alkanes) is 1. The second-order valence-corrected chi connectivity index (χ2v) is 5.13. The Hall–Kier alpha value is -2.02. The molecule has 1 aliphatic rings. The Kier molecular flexibility index (Phi) is 5.43. The third kappa shape index (κ3) is 3.74. The number of nitrogens with zero attached hydrogens (tertiary/aromatic N) is 2. The number of fused-ring (bicyclic) bond motifs is 1. The fraction of sp³-hybridized carbons (Fsp3) is 0.500. The molecule has 1 unspecified atom stereocenters. The molecule has 0 saturated heterocycles. The Morgan fingerprint density at radius 2 is 2.30 bits per heavy atom. The summed E-state index contributed by atoms with van der Waals surface area (Å²) in [5.74, 6) is 0.600. The molecular formula is C16H22N4. The summed E-state index contributed by atoms with van der Waals surface area (Å²) in [7, 11) is 0. The zero-order valence-corrected chi connectivity index (χ0v) is 12.0. The fourth-order valence-electron chi connectivity index (χ4n) is 2.63. The lowest BCUT2D eigenvalue weighted by atomic mass is 9.88. The van der Waals surface area contributed by atoms with E-state index in [0.717, 1.165) is 32.2 Å². The molecule has 0 radical (unpaired) electrons. The van der Waals surface area contributed by atoms with Gasteiger partial charge in [0.2, 0.25) is 12.2 Å². The van der Waals surface area contributed by atoms with Gasteiger partial charge in [-0.25, -0.2) is 0 Å². The van der Waals surface area contributed by atoms with Crippen molar-refractivity contribution in [2.45, 2.75) is 45.1 Å². The maximum absolute atomic E-state index is 8.80. The minimum Gasteiger partial charge on any atom is -0.355 e. The molecule has 1 aliphatic carbocycles. The van der Waals surface area contributed by atoms with Crippen LogP contribution < -0.4 is 10.6 Å². The van der Waals surface area contributed by atoms with E-state index < -0.39 is 0 Å². The Balaban J connectivity index is 2.05. The van der Waals surface area contributed by atoms with Crippen molar-refractivity contribution >= 4 is 5.96 Å². The van der Waals surface area contributed by atoms with Crippen LogP contribution in [0.25, 0.3) is 0 Å². The average Bonchev–Trinajstić information content (AvgIpc) is 2.48. The summed E-state index contributed by atoms with van der Waals surface area (Å²) in [5.41, 5.74) is 2.74. The lowest BCUT2D eigenvalue weighted by Crippen LogP contribution is -2.40. The van der Waals surface area contributed by atoms with Crippen LogP contribution in [0.2, 0.25) is 0 Å². The molecule has 0 saturated carbocycles. The van der Waals surface area contributed by atoms with Crippen LogP contribution in [-0.4, -0.2) is 12.5 Å². The van der Waals surface area contributed by atoms with Gasteiger partial charge >= 0.3 is 0 Å². The molecule has 1 aromatic carbocycles. The molecule has 0 heterocycles. The molecule has 0 spiro atoms. The number of nitriles is 1. The molecule has 20 heavy (non-hydrogen) atoms. The highest BCUT2D eigenvalue weighted by Crippen LogP contribution is 2.29. The average molecular weight is 270 g/mol. The minimum atomic E-state index is 0.251. The summed E-state index contributed by atoms with van der Waals surface area (Å²) >= 11 is 0. The lowest BCUT2D eigenvalue weighted by molar-refractivity contribution is 0.519. The van der Waals surface area contributed by atoms with Crippen molar-refractivity contribution in [3.8, 4) is 6.19 Å². The molecule has 0 aliphatic heterocycles. The summed E-state index contributed by atoms with van der Waals surface area (Å²) in [4.78, 5) is 3.86. The highest BCUT2D eigenvalue weighted by atomic mass is 15.2. The first-order valence-electron chi connectivity index (χ1n) is 7.40. The highest BCUT2D eigenvalue weighted by molar-refractivity contribution is 5.81. The van der Waals surface area contributed by atoms with Crippen LogP contribution in [0.3, 0.4) is 0 Å². The maximum Gasteiger partial charge on any atom is 0.209 e. The predicted molar refractivity (Wildman–Crippen MR) is 81.2 cm³/mol. The van der Waals surface area contributed by atoms with Gasteiger partial charge in [0.15, 0.2) is 0 Å². The van der Waals surface area contributed by atoms with Crippen LogP contribution in [0.5, 0.6) is 0 Å². The van der Waals surface area contributed by atoms with E-state index in [1.54, 1.807) is 0 Å². The molecule has 1 aromatic rings. The molecule has 1 atom stereocenters. The summed E-state index contributed by atoms with van der Waals surface area (Å²) in [6, 6.07) is 8.77. The van der Waals surface area contributed by atoms with E-state index in [2.05, 4.69) is 46.8 Å². The molecule has 0 bridgehead atoms. The van der Waals surface area contributed by atoms with Gasteiger partial charge in [-0.2, -0.15) is 5.26 Å². The Labute approximate surface area is 120 Å². The zero-order valence-electron chi connectivity index (χ0n) is 12.0. The summed E-state index contributed by atoms with van der Waals surface area (Å²) in [6.45, 7) is 2.99. The largest absolute Gasteiger partial charge is 0.355 e. The van der Waals surface area contributed by atoms with Crippen LogP contribution in [0, 0.1) is 11.5 Å². The van der Waals surface area contributed by atoms with Gasteiger partial charge in [0.05, 0.1) is 6.04 Å². The Morgan fingerprint density at radius 1 is 1.45 bits per heavy atom. The highest BCUT2D eigenvalue weighted by Gasteiger charge is 2.20. The van der Waals surface area contributed by atoms with Crippen molar-refractivity contribution in [3.63, 3.8) is 0 Å². The van der Waals surface area contributed by atoms with Crippen molar-refractivity contribution in [1.82, 2.24) is 10.6 Å². The Bertz CT molecular complexity index is 501. The van der Waals surface area contributed by atoms with Gasteiger partial charge in [-0.3, -0.25) is 0 Å². The van der Waals surface area contributed by atoms with Crippen LogP contribution in [-0.2, 0) is 6.42 Å². The third-order valence-electron chi connectivity index (χ3n) is 3.66. The SMILES string of the molecule is CCCCN/C(=N\C#N)NC1CCCc2ccccc21. The number of hydrogen-bond acceptors (Lipinski definition) is 2. The lowest BCUT2D eigenvalue weighted by Gasteiger charge is -2.27. The van der Waals surface area contributed by atoms with Gasteiger partial charge in [0.25, 0.3) is 0 Å². The van der Waals surface area contributed by atoms with Gasteiger partial charge in [-0.05, 0) is 36.8 Å². The quantitative estimate of drug-likeness (QED) is 0.383. The first-order valence-corrected chi connectivity index (χ1v) is 7.40. The number of aliphatic imine (C=N–C) groups is 1. The van der Waals surface area contributed by atoms with Crippen molar-refractivity contribution in [2.75, 3.05) is 6.54 Å². The third-order valence-corrected chi connectivity index (χ3v) is 3.66. The van der Waals surface area contributed by atoms with Gasteiger partial charge in [0, 0.05) is 6.54 Å². The summed E-state index contributed by atoms with van der Waals surface area (Å²) in [5, 5.41) is 15.4. The Morgan fingerprint density at radius 3 is 3.10 bits per heavy atom. The van der Waals surface area contributed by atoms with Crippen LogP contribution in [0.1, 0.15) is 49.8 Å². The van der Waals surface area contributed by atoms with Crippen molar-refractivity contribution < 1.29 is 0 Å². The van der Waals surface area contributed by atoms with Gasteiger partial charge < -0.3 is 10.6 Å². The van der Waals surface area contributed by atoms with E-state index in [1.807, 2.05) is 6.19 Å². The second-order valence-electron chi connectivity index (χ2n) is 5.13. The smallest absolute Gasteiger partial charge is 0.209 e. The van der Waals surface area contributed by atoms with Crippen molar-refractivity contribution in [3.05, 3.63) is 35.4 Å². The molecule has 0 amide bonds. The number of guanidine groups is 1. The monoisotopic (exact) mass is 270 g/mol. The van der Waals surface area contributed by atoms with E-state index >= 15 is 0 Å². The fourth-order valence-corrected chi connectivity index (χ4v) is 2.63. The van der Waals surface area contributed by atoms with Crippen molar-refractivity contribution in [2.24, 2.45) is 4.99 Å². The van der Waals surface area contributed by atoms with E-state index in [0.29, 0.717) is 5.96 Å². The van der Waals surface area contributed by atoms with Crippen LogP contribution in [0.15, 0.2) is 29.3 Å². The van der Waals surface area contributed by atoms with Gasteiger partial charge in [-0.15, -0.1) is 4.99 Å². The molecule has 2 rings (SSSR count). The topological polar surface area (TPSA) is 60.2 Å². The van der Waals surface area contributed by atoms with Crippen LogP contribution >= 0.6 is 0 Å². The summed E-state index contributed by atoms with van der Waals surface area (Å²) < 4.78 is 0. The first kappa shape index (κ1) is 14.4. The standard InChI is InChI=1S/C16H22N4/c1-2-3-11-18-16(19-12-17)20-15-10-6-8-13-7-4-5-9-14(13)15/h4-5,7,9,15H,2-3,6,8,10-11H2,1H3,(H2,18,19,20). The number of nitrogens with one attached hydrogen (secondary N) is 2. The first-order chi connectivity index (χ1) is 9.85. The van der Waals surface area contributed by atoms with E-state index in [-0.39, 0.29) is 6.04 Å². The molecule has 4 heteroatoms. The van der Waals surface area contributed by atoms with E-state index in [1.165, 1.54) is 17.5 Å². The maximum atomic E-state index is 8.80. The van der Waals surface area contributed by atoms with Gasteiger partial charge in [0.1, 0.15) is 0 Å². The molecular weight excluding hydrogens is 248 g/mol. The number of benzene rings is 1. The predicted octanol–water partition coefficient (Wildman–Crippen LogP) is 2.88. The minimum absolute atomic E-state index is 0.251. The molecule has 106 valence electrons. The number of hydrogen-bond donors (Lipinski definition) is 2. The molecule has 2 N–H and O–H groups in total. The molecule has 4 nitrogen and oxygen atoms in total. The molecule has 0 fully saturated rings. The summed E-state index contributed by atoms with van der Waals surface area (Å²) in [6.07, 6.45) is 7.46. The second kappa shape index (κ2) is 7.54.